The van der Waals surface area contributed by atoms with E-state index in [1.165, 1.54) is 17.8 Å². The Balaban J connectivity index is 2.39. The number of nitrogens with zero attached hydrogens (tertiary/aromatic N) is 3. The van der Waals surface area contributed by atoms with Gasteiger partial charge in [0, 0.05) is 33.4 Å². The zero-order chi connectivity index (χ0) is 15.0. The lowest BCUT2D eigenvalue weighted by molar-refractivity contribution is 0.0619. The standard InChI is InChI=1S/C14H21N3O3/c1-9-5-10(2)7-17(6-9)13(19)11-8-15(3)14(20)16(4)12(11)18/h8-10H,5-7H2,1-4H3. The summed E-state index contributed by atoms with van der Waals surface area (Å²) < 4.78 is 2.25. The first kappa shape index (κ1) is 14.6. The normalized spacial score (nSPS) is 22.9. The number of likely N-dealkylation sites (tertiary alicyclic amines) is 1. The number of hydrogen-bond acceptors (Lipinski definition) is 3. The molecule has 2 rings (SSSR count). The second-order valence-electron chi connectivity index (χ2n) is 5.96. The van der Waals surface area contributed by atoms with Gasteiger partial charge in [0.1, 0.15) is 5.56 Å². The maximum Gasteiger partial charge on any atom is 0.330 e. The summed E-state index contributed by atoms with van der Waals surface area (Å²) in [4.78, 5) is 38.0. The van der Waals surface area contributed by atoms with E-state index in [1.54, 1.807) is 11.9 Å². The zero-order valence-corrected chi connectivity index (χ0v) is 12.4. The summed E-state index contributed by atoms with van der Waals surface area (Å²) >= 11 is 0. The van der Waals surface area contributed by atoms with Gasteiger partial charge in [0.15, 0.2) is 0 Å². The zero-order valence-electron chi connectivity index (χ0n) is 12.4. The van der Waals surface area contributed by atoms with Crippen molar-refractivity contribution in [3.8, 4) is 0 Å². The Bertz CT molecular complexity index is 634. The number of piperidine rings is 1. The van der Waals surface area contributed by atoms with Gasteiger partial charge in [0.2, 0.25) is 0 Å². The van der Waals surface area contributed by atoms with Gasteiger partial charge in [-0.3, -0.25) is 14.2 Å². The molecule has 1 aromatic rings. The van der Waals surface area contributed by atoms with Crippen LogP contribution in [0, 0.1) is 11.8 Å². The first-order valence-electron chi connectivity index (χ1n) is 6.87. The Morgan fingerprint density at radius 3 is 2.25 bits per heavy atom. The second kappa shape index (κ2) is 5.26. The van der Waals surface area contributed by atoms with Crippen molar-refractivity contribution in [2.75, 3.05) is 13.1 Å². The summed E-state index contributed by atoms with van der Waals surface area (Å²) in [7, 11) is 2.93. The molecular weight excluding hydrogens is 258 g/mol. The quantitative estimate of drug-likeness (QED) is 0.738. The Morgan fingerprint density at radius 2 is 1.70 bits per heavy atom. The van der Waals surface area contributed by atoms with Crippen LogP contribution in [-0.2, 0) is 14.1 Å². The summed E-state index contributed by atoms with van der Waals surface area (Å²) in [5, 5.41) is 0. The minimum atomic E-state index is -0.524. The predicted octanol–water partition coefficient (Wildman–Crippen LogP) is 0.202. The third kappa shape index (κ3) is 2.55. The number of amides is 1. The Kier molecular flexibility index (Phi) is 3.83. The van der Waals surface area contributed by atoms with Crippen molar-refractivity contribution in [2.24, 2.45) is 25.9 Å². The molecule has 6 nitrogen and oxygen atoms in total. The molecule has 1 aliphatic heterocycles. The number of aromatic nitrogens is 2. The molecule has 0 aromatic carbocycles. The van der Waals surface area contributed by atoms with Crippen molar-refractivity contribution < 1.29 is 4.79 Å². The molecule has 0 radical (unpaired) electrons. The van der Waals surface area contributed by atoms with Gasteiger partial charge in [-0.15, -0.1) is 0 Å². The molecule has 1 fully saturated rings. The molecule has 0 aliphatic carbocycles. The molecule has 1 amide bonds. The Morgan fingerprint density at radius 1 is 1.15 bits per heavy atom. The molecule has 0 spiro atoms. The average molecular weight is 279 g/mol. The van der Waals surface area contributed by atoms with Gasteiger partial charge in [-0.2, -0.15) is 0 Å². The summed E-state index contributed by atoms with van der Waals surface area (Å²) in [6, 6.07) is 0. The lowest BCUT2D eigenvalue weighted by atomic mass is 9.91. The van der Waals surface area contributed by atoms with Crippen LogP contribution < -0.4 is 11.2 Å². The Hall–Kier alpha value is -1.85. The third-order valence-electron chi connectivity index (χ3n) is 3.83. The number of carbonyl (C=O) groups excluding carboxylic acids is 1. The Labute approximate surface area is 117 Å². The molecule has 2 unspecified atom stereocenters. The van der Waals surface area contributed by atoms with Crippen molar-refractivity contribution in [2.45, 2.75) is 20.3 Å². The number of rotatable bonds is 1. The molecule has 1 aliphatic rings. The largest absolute Gasteiger partial charge is 0.338 e. The fraction of sp³-hybridized carbons (Fsp3) is 0.643. The van der Waals surface area contributed by atoms with Crippen molar-refractivity contribution in [1.29, 1.82) is 0 Å². The lowest BCUT2D eigenvalue weighted by Crippen LogP contribution is -2.47. The molecule has 6 heteroatoms. The molecule has 0 bridgehead atoms. The molecule has 1 saturated heterocycles. The average Bonchev–Trinajstić information content (AvgIpc) is 2.38. The van der Waals surface area contributed by atoms with Crippen LogP contribution >= 0.6 is 0 Å². The minimum absolute atomic E-state index is 0.0656. The highest BCUT2D eigenvalue weighted by molar-refractivity contribution is 5.93. The summed E-state index contributed by atoms with van der Waals surface area (Å²) in [6.07, 6.45) is 2.44. The van der Waals surface area contributed by atoms with E-state index in [-0.39, 0.29) is 11.5 Å². The van der Waals surface area contributed by atoms with E-state index in [1.807, 2.05) is 0 Å². The van der Waals surface area contributed by atoms with Crippen LogP contribution in [0.2, 0.25) is 0 Å². The highest BCUT2D eigenvalue weighted by atomic mass is 16.2. The van der Waals surface area contributed by atoms with Crippen LogP contribution in [0.25, 0.3) is 0 Å². The topological polar surface area (TPSA) is 64.3 Å². The highest BCUT2D eigenvalue weighted by Crippen LogP contribution is 2.21. The fourth-order valence-electron chi connectivity index (χ4n) is 2.95. The SMILES string of the molecule is CC1CC(C)CN(C(=O)c2cn(C)c(=O)n(C)c2=O)C1. The maximum absolute atomic E-state index is 12.5. The van der Waals surface area contributed by atoms with E-state index in [0.717, 1.165) is 11.0 Å². The second-order valence-corrected chi connectivity index (χ2v) is 5.96. The molecule has 1 aromatic heterocycles. The third-order valence-corrected chi connectivity index (χ3v) is 3.83. The van der Waals surface area contributed by atoms with Crippen LogP contribution in [0.5, 0.6) is 0 Å². The number of carbonyl (C=O) groups is 1. The molecule has 2 atom stereocenters. The maximum atomic E-state index is 12.5. The van der Waals surface area contributed by atoms with E-state index in [4.69, 9.17) is 0 Å². The first-order chi connectivity index (χ1) is 9.31. The molecule has 20 heavy (non-hydrogen) atoms. The number of aryl methyl sites for hydroxylation is 1. The van der Waals surface area contributed by atoms with Crippen molar-refractivity contribution in [1.82, 2.24) is 14.0 Å². The van der Waals surface area contributed by atoms with Gasteiger partial charge in [0.25, 0.3) is 11.5 Å². The van der Waals surface area contributed by atoms with Crippen LogP contribution in [0.4, 0.5) is 0 Å². The van der Waals surface area contributed by atoms with Gasteiger partial charge >= 0.3 is 5.69 Å². The molecule has 110 valence electrons. The van der Waals surface area contributed by atoms with Gasteiger partial charge in [0.05, 0.1) is 0 Å². The summed E-state index contributed by atoms with van der Waals surface area (Å²) in [6.45, 7) is 5.54. The van der Waals surface area contributed by atoms with Crippen molar-refractivity contribution in [3.05, 3.63) is 32.6 Å². The highest BCUT2D eigenvalue weighted by Gasteiger charge is 2.28. The van der Waals surface area contributed by atoms with Crippen LogP contribution in [0.1, 0.15) is 30.6 Å². The smallest absolute Gasteiger partial charge is 0.330 e. The van der Waals surface area contributed by atoms with Gasteiger partial charge < -0.3 is 9.47 Å². The summed E-state index contributed by atoms with van der Waals surface area (Å²) in [5.74, 6) is 0.581. The summed E-state index contributed by atoms with van der Waals surface area (Å²) in [5.41, 5.74) is -0.883. The minimum Gasteiger partial charge on any atom is -0.338 e. The lowest BCUT2D eigenvalue weighted by Gasteiger charge is -2.34. The van der Waals surface area contributed by atoms with Crippen molar-refractivity contribution in [3.63, 3.8) is 0 Å². The van der Waals surface area contributed by atoms with E-state index in [9.17, 15) is 14.4 Å². The molecule has 0 saturated carbocycles. The predicted molar refractivity (Wildman–Crippen MR) is 75.8 cm³/mol. The van der Waals surface area contributed by atoms with Crippen LogP contribution in [0.3, 0.4) is 0 Å². The first-order valence-corrected chi connectivity index (χ1v) is 6.87. The van der Waals surface area contributed by atoms with Gasteiger partial charge in [-0.1, -0.05) is 13.8 Å². The molecular formula is C14H21N3O3. The molecule has 0 N–H and O–H groups in total. The van der Waals surface area contributed by atoms with E-state index >= 15 is 0 Å². The van der Waals surface area contributed by atoms with Crippen LogP contribution in [-0.4, -0.2) is 33.0 Å². The monoisotopic (exact) mass is 279 g/mol. The number of hydrogen-bond donors (Lipinski definition) is 0. The van der Waals surface area contributed by atoms with E-state index in [2.05, 4.69) is 13.8 Å². The van der Waals surface area contributed by atoms with Crippen molar-refractivity contribution >= 4 is 5.91 Å². The van der Waals surface area contributed by atoms with Crippen LogP contribution in [0.15, 0.2) is 15.8 Å². The molecule has 2 heterocycles. The van der Waals surface area contributed by atoms with E-state index < -0.39 is 11.2 Å². The fourth-order valence-corrected chi connectivity index (χ4v) is 2.95. The van der Waals surface area contributed by atoms with Gasteiger partial charge in [-0.25, -0.2) is 4.79 Å². The van der Waals surface area contributed by atoms with Gasteiger partial charge in [-0.05, 0) is 18.3 Å². The van der Waals surface area contributed by atoms with E-state index in [0.29, 0.717) is 24.9 Å².